The minimum atomic E-state index is -3.05. The van der Waals surface area contributed by atoms with Crippen LogP contribution in [0.5, 0.6) is 11.5 Å². The van der Waals surface area contributed by atoms with E-state index in [0.29, 0.717) is 29.4 Å². The van der Waals surface area contributed by atoms with Gasteiger partial charge in [0.05, 0.1) is 55.2 Å². The van der Waals surface area contributed by atoms with Gasteiger partial charge in [0, 0.05) is 42.1 Å². The molecule has 0 aliphatic carbocycles. The Morgan fingerprint density at radius 1 is 0.955 bits per heavy atom. The predicted octanol–water partition coefficient (Wildman–Crippen LogP) is 7.41. The molecule has 44 heavy (non-hydrogen) atoms. The summed E-state index contributed by atoms with van der Waals surface area (Å²) in [7, 11) is 0.238. The Labute approximate surface area is 262 Å². The molecular weight excluding hydrogens is 596 g/mol. The van der Waals surface area contributed by atoms with Crippen LogP contribution < -0.4 is 14.4 Å². The highest BCUT2D eigenvalue weighted by atomic mass is 35.5. The van der Waals surface area contributed by atoms with Crippen LogP contribution in [0, 0.1) is 13.5 Å². The lowest BCUT2D eigenvalue weighted by atomic mass is 10.0. The van der Waals surface area contributed by atoms with Crippen LogP contribution in [-0.2, 0) is 22.9 Å². The summed E-state index contributed by atoms with van der Waals surface area (Å²) >= 11 is 7.27. The summed E-state index contributed by atoms with van der Waals surface area (Å²) in [5.74, 6) is 1.73. The van der Waals surface area contributed by atoms with Gasteiger partial charge in [0.25, 0.3) is 0 Å². The maximum Gasteiger partial charge on any atom is 0.190 e. The summed E-state index contributed by atoms with van der Waals surface area (Å²) in [6.45, 7) is 10.7. The van der Waals surface area contributed by atoms with E-state index in [1.807, 2.05) is 78.4 Å². The average Bonchev–Trinajstić information content (AvgIpc) is 3.37. The maximum absolute atomic E-state index is 12.1. The number of aryl methyl sites for hydroxylation is 1. The number of hydrogen-bond acceptors (Lipinski definition) is 6. The minimum absolute atomic E-state index is 0.0867. The monoisotopic (exact) mass is 626 g/mol. The number of fused-ring (bicyclic) bond motifs is 1. The third kappa shape index (κ3) is 5.71. The van der Waals surface area contributed by atoms with E-state index < -0.39 is 9.84 Å². The zero-order chi connectivity index (χ0) is 31.0. The molecule has 0 amide bonds. The highest BCUT2D eigenvalue weighted by molar-refractivity contribution is 7.92. The molecule has 3 heterocycles. The van der Waals surface area contributed by atoms with Crippen molar-refractivity contribution >= 4 is 43.7 Å². The fourth-order valence-corrected chi connectivity index (χ4v) is 7.41. The van der Waals surface area contributed by atoms with Crippen molar-refractivity contribution in [3.05, 3.63) is 112 Å². The number of pyridine rings is 1. The van der Waals surface area contributed by atoms with Crippen LogP contribution in [0.1, 0.15) is 22.7 Å². The van der Waals surface area contributed by atoms with Crippen molar-refractivity contribution in [2.24, 2.45) is 0 Å². The second kappa shape index (κ2) is 11.9. The normalized spacial score (nSPS) is 14.2. The molecule has 8 nitrogen and oxygen atoms in total. The Kier molecular flexibility index (Phi) is 7.97. The molecule has 0 spiro atoms. The molecule has 1 aliphatic rings. The fourth-order valence-electron chi connectivity index (χ4n) is 5.69. The molecule has 5 aromatic rings. The van der Waals surface area contributed by atoms with Gasteiger partial charge in [-0.15, -0.1) is 0 Å². The summed E-state index contributed by atoms with van der Waals surface area (Å²) in [5, 5.41) is 1.36. The van der Waals surface area contributed by atoms with Crippen molar-refractivity contribution in [2.45, 2.75) is 26.1 Å². The van der Waals surface area contributed by atoms with Gasteiger partial charge < -0.3 is 18.9 Å². The first-order chi connectivity index (χ1) is 21.2. The molecule has 0 radical (unpaired) electrons. The second-order valence-corrected chi connectivity index (χ2v) is 13.6. The molecule has 1 aliphatic heterocycles. The molecular formula is C34H31ClN4O4S. The number of rotatable bonds is 9. The first-order valence-electron chi connectivity index (χ1n) is 14.1. The van der Waals surface area contributed by atoms with Crippen LogP contribution in [0.15, 0.2) is 79.3 Å². The van der Waals surface area contributed by atoms with Gasteiger partial charge in [-0.1, -0.05) is 35.9 Å². The summed E-state index contributed by atoms with van der Waals surface area (Å²) in [5.41, 5.74) is 6.66. The molecule has 6 rings (SSSR count). The topological polar surface area (TPSA) is 78.0 Å². The lowest BCUT2D eigenvalue weighted by Crippen LogP contribution is -2.37. The molecule has 0 saturated carbocycles. The number of nitrogens with zero attached hydrogens (tertiary/aromatic N) is 4. The zero-order valence-corrected chi connectivity index (χ0v) is 26.2. The van der Waals surface area contributed by atoms with Gasteiger partial charge in [0.15, 0.2) is 15.5 Å². The largest absolute Gasteiger partial charge is 0.497 e. The van der Waals surface area contributed by atoms with Crippen LogP contribution in [0.3, 0.4) is 0 Å². The quantitative estimate of drug-likeness (QED) is 0.159. The van der Waals surface area contributed by atoms with E-state index in [1.54, 1.807) is 26.6 Å². The SMILES string of the molecule is [C-]#[N+]c1cc2c(-c3cncc(N(Cc4ccc(OC)cc4)Cc4ccc(OC)cc4)c3Cl)cn(C3CS(=O)(=O)C3)c2cc1C. The highest BCUT2D eigenvalue weighted by Gasteiger charge is 2.36. The number of hydrogen-bond donors (Lipinski definition) is 0. The van der Waals surface area contributed by atoms with E-state index in [0.717, 1.165) is 50.3 Å². The van der Waals surface area contributed by atoms with Gasteiger partial charge in [-0.2, -0.15) is 0 Å². The van der Waals surface area contributed by atoms with E-state index in [4.69, 9.17) is 27.6 Å². The molecule has 0 atom stereocenters. The zero-order valence-electron chi connectivity index (χ0n) is 24.6. The van der Waals surface area contributed by atoms with Gasteiger partial charge in [-0.3, -0.25) is 4.98 Å². The molecule has 1 saturated heterocycles. The van der Waals surface area contributed by atoms with Crippen LogP contribution >= 0.6 is 11.6 Å². The molecule has 2 aromatic heterocycles. The van der Waals surface area contributed by atoms with Gasteiger partial charge in [0.1, 0.15) is 11.5 Å². The molecule has 0 unspecified atom stereocenters. The highest BCUT2D eigenvalue weighted by Crippen LogP contribution is 2.43. The first-order valence-corrected chi connectivity index (χ1v) is 16.3. The van der Waals surface area contributed by atoms with Crippen LogP contribution in [-0.4, -0.2) is 43.7 Å². The predicted molar refractivity (Wildman–Crippen MR) is 175 cm³/mol. The van der Waals surface area contributed by atoms with Gasteiger partial charge in [0.2, 0.25) is 0 Å². The number of aromatic nitrogens is 2. The fraction of sp³-hybridized carbons (Fsp3) is 0.235. The van der Waals surface area contributed by atoms with E-state index in [1.165, 1.54) is 0 Å². The maximum atomic E-state index is 12.1. The van der Waals surface area contributed by atoms with Crippen molar-refractivity contribution < 1.29 is 17.9 Å². The lowest BCUT2D eigenvalue weighted by molar-refractivity contribution is 0.414. The molecule has 3 aromatic carbocycles. The summed E-state index contributed by atoms with van der Waals surface area (Å²) in [6.07, 6.45) is 5.46. The average molecular weight is 627 g/mol. The van der Waals surface area contributed by atoms with Crippen molar-refractivity contribution in [3.63, 3.8) is 0 Å². The Morgan fingerprint density at radius 3 is 2.07 bits per heavy atom. The minimum Gasteiger partial charge on any atom is -0.497 e. The number of methoxy groups -OCH3 is 2. The molecule has 0 N–H and O–H groups in total. The number of ether oxygens (including phenoxy) is 2. The third-order valence-electron chi connectivity index (χ3n) is 8.11. The van der Waals surface area contributed by atoms with Gasteiger partial charge in [-0.05, 0) is 65.4 Å². The molecule has 10 heteroatoms. The first kappa shape index (κ1) is 29.5. The smallest absolute Gasteiger partial charge is 0.190 e. The lowest BCUT2D eigenvalue weighted by Gasteiger charge is -2.28. The van der Waals surface area contributed by atoms with Crippen LogP contribution in [0.25, 0.3) is 26.9 Å². The Bertz CT molecular complexity index is 1940. The van der Waals surface area contributed by atoms with Crippen LogP contribution in [0.2, 0.25) is 5.02 Å². The van der Waals surface area contributed by atoms with Crippen molar-refractivity contribution in [2.75, 3.05) is 30.6 Å². The third-order valence-corrected chi connectivity index (χ3v) is 10.3. The van der Waals surface area contributed by atoms with E-state index in [-0.39, 0.29) is 17.5 Å². The number of halogens is 1. The van der Waals surface area contributed by atoms with Crippen molar-refractivity contribution in [3.8, 4) is 22.6 Å². The standard InChI is InChI=1S/C34H31ClN4O4S/c1-22-13-32-28(14-31(22)36-2)30(19-39(32)25-20-44(40,41)21-25)29-15-37-16-33(34(29)35)38(17-23-5-9-26(42-3)10-6-23)18-24-7-11-27(43-4)12-8-24/h5-16,19,25H,17-18,20-21H2,1,3-4H3. The molecule has 1 fully saturated rings. The summed E-state index contributed by atoms with van der Waals surface area (Å²) in [4.78, 5) is 10.5. The Hall–Kier alpha value is -4.52. The molecule has 0 bridgehead atoms. The molecule has 224 valence electrons. The van der Waals surface area contributed by atoms with Gasteiger partial charge in [-0.25, -0.2) is 13.3 Å². The summed E-state index contributed by atoms with van der Waals surface area (Å²) in [6, 6.07) is 19.5. The Morgan fingerprint density at radius 2 is 1.55 bits per heavy atom. The number of sulfone groups is 1. The van der Waals surface area contributed by atoms with Crippen molar-refractivity contribution in [1.82, 2.24) is 9.55 Å². The summed E-state index contributed by atoms with van der Waals surface area (Å²) < 4.78 is 36.9. The second-order valence-electron chi connectivity index (χ2n) is 11.0. The number of benzene rings is 3. The van der Waals surface area contributed by atoms with E-state index in [9.17, 15) is 8.42 Å². The number of anilines is 1. The Balaban J connectivity index is 1.46. The van der Waals surface area contributed by atoms with Gasteiger partial charge >= 0.3 is 0 Å². The van der Waals surface area contributed by atoms with E-state index >= 15 is 0 Å². The van der Waals surface area contributed by atoms with E-state index in [2.05, 4.69) is 14.7 Å². The van der Waals surface area contributed by atoms with Crippen molar-refractivity contribution in [1.29, 1.82) is 0 Å². The van der Waals surface area contributed by atoms with Crippen LogP contribution in [0.4, 0.5) is 11.4 Å².